The number of carbonyl (C=O) groups is 5. The Morgan fingerprint density at radius 3 is 0.930 bits per heavy atom. The third kappa shape index (κ3) is 19.8. The lowest BCUT2D eigenvalue weighted by molar-refractivity contribution is 0.101. The molecule has 0 saturated carbocycles. The molecule has 142 heavy (non-hydrogen) atoms. The van der Waals surface area contributed by atoms with E-state index >= 15 is 0 Å². The van der Waals surface area contributed by atoms with E-state index in [2.05, 4.69) is 36.1 Å². The summed E-state index contributed by atoms with van der Waals surface area (Å²) in [5.74, 6) is -22.4. The molecule has 0 saturated heterocycles. The van der Waals surface area contributed by atoms with Gasteiger partial charge in [-0.25, -0.2) is 52.7 Å². The highest BCUT2D eigenvalue weighted by molar-refractivity contribution is 6.12. The largest absolute Gasteiger partial charge is 0.457 e. The second-order valence-corrected chi connectivity index (χ2v) is 31.0. The van der Waals surface area contributed by atoms with Gasteiger partial charge in [0.25, 0.3) is 57.3 Å². The Morgan fingerprint density at radius 2 is 0.556 bits per heavy atom. The molecule has 20 aromatic rings. The van der Waals surface area contributed by atoms with Crippen LogP contribution in [0.4, 0.5) is 81.1 Å². The second-order valence-electron chi connectivity index (χ2n) is 31.0. The zero-order valence-corrected chi connectivity index (χ0v) is 73.5. The molecule has 0 radical (unpaired) electrons. The van der Waals surface area contributed by atoms with Gasteiger partial charge >= 0.3 is 0 Å². The number of aromatic nitrogens is 10. The molecule has 39 heteroatoms. The van der Waals surface area contributed by atoms with Crippen LogP contribution in [0.15, 0.2) is 328 Å². The number of aryl methyl sites for hydroxylation is 3. The van der Waals surface area contributed by atoms with Gasteiger partial charge in [0.05, 0.1) is 44.3 Å². The molecule has 0 spiro atoms. The first kappa shape index (κ1) is 95.9. The van der Waals surface area contributed by atoms with E-state index in [9.17, 15) is 101 Å². The Hall–Kier alpha value is -19.2. The van der Waals surface area contributed by atoms with Gasteiger partial charge in [0.1, 0.15) is 67.9 Å². The van der Waals surface area contributed by atoms with Gasteiger partial charge in [-0.2, -0.15) is 0 Å². The van der Waals surface area contributed by atoms with Crippen molar-refractivity contribution in [1.82, 2.24) is 48.1 Å². The molecule has 712 valence electrons. The molecule has 0 unspecified atom stereocenters. The minimum absolute atomic E-state index is 0.0754. The van der Waals surface area contributed by atoms with Crippen LogP contribution in [0.5, 0.6) is 23.0 Å². The third-order valence-corrected chi connectivity index (χ3v) is 21.7. The molecular formula is C103H69F12N15O12. The zero-order chi connectivity index (χ0) is 101. The number of benzene rings is 10. The summed E-state index contributed by atoms with van der Waals surface area (Å²) in [6.45, 7) is 5.27. The van der Waals surface area contributed by atoms with Crippen molar-refractivity contribution in [2.45, 2.75) is 20.8 Å². The standard InChI is InChI=1S/2C21H13F4N3O2.C21H17N3O3.C20H11F4N3O2.C20H15N3O3/c1-10-6-5-9-12-14(21(30)27-28(10)12)20(29)26-19-17(24)15(22)13(16(23)18(19)25)11-7-3-2-4-8-11;1-10-7-8-28-12(9-10)14(21(30)27-28)20(29)26-19-17(24)15(22)13(16(23)18(19)25)11-5-3-2-4-6-11;1-14-13-15(10-11-18(14)27-16-7-3-2-4-8-16)22-20(25)19-17-9-5-6-12-24(17)23-21(19)26;21-14-12(10-6-2-1-3-7-10)15(22)17(24)18(16(14)23)25-19(28)13-11-8-4-5-9-27(11)26-20(13)29;24-19(18-17-8-4-5-13-23(17)22-20(18)25)21-14-9-11-16(12-10-14)26-15-6-2-1-3-7-15/h2*2-9H,1H3,(H,26,29)(H,27,30);2-13H,1H3,(H,22,25)(H,23,26);1-9H,(H,25,28)(H,26,29);1-13H,(H,21,24)(H,22,25). The minimum Gasteiger partial charge on any atom is -0.457 e. The molecule has 10 N–H and O–H groups in total. The highest BCUT2D eigenvalue weighted by Crippen LogP contribution is 2.40. The number of hydrogen-bond donors (Lipinski definition) is 10. The van der Waals surface area contributed by atoms with E-state index in [-0.39, 0.29) is 44.4 Å². The Kier molecular flexibility index (Phi) is 27.8. The van der Waals surface area contributed by atoms with Gasteiger partial charge < -0.3 is 36.1 Å². The smallest absolute Gasteiger partial charge is 0.277 e. The van der Waals surface area contributed by atoms with E-state index in [0.29, 0.717) is 45.2 Å². The Labute approximate surface area is 789 Å². The van der Waals surface area contributed by atoms with Crippen molar-refractivity contribution < 1.29 is 86.1 Å². The lowest BCUT2D eigenvalue weighted by Crippen LogP contribution is -2.22. The van der Waals surface area contributed by atoms with Crippen molar-refractivity contribution in [2.75, 3.05) is 26.6 Å². The fourth-order valence-electron chi connectivity index (χ4n) is 15.0. The van der Waals surface area contributed by atoms with Crippen LogP contribution >= 0.6 is 0 Å². The summed E-state index contributed by atoms with van der Waals surface area (Å²) in [7, 11) is 0. The number of nitrogens with one attached hydrogen (secondary N) is 10. The fraction of sp³-hybridized carbons (Fsp3) is 0.0291. The number of nitrogens with zero attached hydrogens (tertiary/aromatic N) is 5. The number of amides is 5. The normalized spacial score (nSPS) is 10.9. The summed E-state index contributed by atoms with van der Waals surface area (Å²) >= 11 is 0. The lowest BCUT2D eigenvalue weighted by atomic mass is 10.0. The summed E-state index contributed by atoms with van der Waals surface area (Å²) in [4.78, 5) is 123. The van der Waals surface area contributed by atoms with E-state index in [1.807, 2.05) is 73.7 Å². The predicted molar refractivity (Wildman–Crippen MR) is 505 cm³/mol. The topological polar surface area (TPSA) is 350 Å². The summed E-state index contributed by atoms with van der Waals surface area (Å²) in [5, 5.41) is 23.2. The van der Waals surface area contributed by atoms with E-state index in [4.69, 9.17) is 9.47 Å². The van der Waals surface area contributed by atoms with E-state index in [1.165, 1.54) is 132 Å². The number of hydrogen-bond acceptors (Lipinski definition) is 12. The molecule has 0 aliphatic carbocycles. The molecule has 0 bridgehead atoms. The first-order valence-electron chi connectivity index (χ1n) is 42.3. The first-order valence-corrected chi connectivity index (χ1v) is 42.3. The maximum absolute atomic E-state index is 14.6. The Morgan fingerprint density at radius 1 is 0.261 bits per heavy atom. The van der Waals surface area contributed by atoms with Crippen LogP contribution in [0.1, 0.15) is 68.6 Å². The van der Waals surface area contributed by atoms with Crippen molar-refractivity contribution in [1.29, 1.82) is 0 Å². The number of aromatic amines is 5. The molecule has 10 aromatic heterocycles. The van der Waals surface area contributed by atoms with Crippen molar-refractivity contribution in [3.05, 3.63) is 470 Å². The van der Waals surface area contributed by atoms with Crippen LogP contribution in [0, 0.1) is 90.6 Å². The minimum atomic E-state index is -1.78. The van der Waals surface area contributed by atoms with Gasteiger partial charge in [-0.15, -0.1) is 0 Å². The number of fused-ring (bicyclic) bond motifs is 5. The predicted octanol–water partition coefficient (Wildman–Crippen LogP) is 20.6. The molecule has 0 aliphatic heterocycles. The Bertz CT molecular complexity index is 8440. The van der Waals surface area contributed by atoms with Crippen molar-refractivity contribution in [2.24, 2.45) is 0 Å². The molecule has 0 atom stereocenters. The molecule has 10 heterocycles. The monoisotopic (exact) mass is 1940 g/mol. The summed E-state index contributed by atoms with van der Waals surface area (Å²) in [6, 6.07) is 75.2. The number of anilines is 5. The van der Waals surface area contributed by atoms with Crippen LogP contribution in [-0.2, 0) is 0 Å². The molecule has 5 amide bonds. The van der Waals surface area contributed by atoms with E-state index in [1.54, 1.807) is 157 Å². The molecule has 20 rings (SSSR count). The van der Waals surface area contributed by atoms with Crippen molar-refractivity contribution >= 4 is 85.6 Å². The van der Waals surface area contributed by atoms with E-state index in [0.717, 1.165) is 17.1 Å². The number of H-pyrrole nitrogens is 5. The maximum Gasteiger partial charge on any atom is 0.277 e. The van der Waals surface area contributed by atoms with Crippen LogP contribution < -0.4 is 63.9 Å². The van der Waals surface area contributed by atoms with Gasteiger partial charge in [-0.3, -0.25) is 96.0 Å². The summed E-state index contributed by atoms with van der Waals surface area (Å²) < 4.78 is 193. The first-order chi connectivity index (χ1) is 68.3. The maximum atomic E-state index is 14.6. The average molecular weight is 1940 g/mol. The number of ether oxygens (including phenoxy) is 2. The van der Waals surface area contributed by atoms with Gasteiger partial charge in [-0.05, 0) is 176 Å². The quantitative estimate of drug-likeness (QED) is 0.0300. The van der Waals surface area contributed by atoms with Crippen LogP contribution in [0.25, 0.3) is 61.0 Å². The number of carbonyl (C=O) groups excluding carboxylic acids is 5. The zero-order valence-electron chi connectivity index (χ0n) is 73.5. The number of para-hydroxylation sites is 2. The highest BCUT2D eigenvalue weighted by Gasteiger charge is 2.34. The van der Waals surface area contributed by atoms with Crippen LogP contribution in [0.2, 0.25) is 0 Å². The number of pyridine rings is 5. The van der Waals surface area contributed by atoms with Gasteiger partial charge in [0, 0.05) is 41.9 Å². The SMILES string of the molecule is Cc1cc(NC(=O)c2c(=O)[nH]n3ccccc23)ccc1Oc1ccccc1.Cc1cccc2c(C(=O)Nc3c(F)c(F)c(-c4ccccc4)c(F)c3F)c(=O)[nH]n12.Cc1ccn2[nH]c(=O)c(C(=O)Nc3c(F)c(F)c(-c4ccccc4)c(F)c3F)c2c1.O=C(Nc1c(F)c(F)c(-c2ccccc2)c(F)c1F)c1c(=O)[nH]n2ccccc12.O=C(Nc1ccc(Oc2ccccc2)cc1)c1c(=O)[nH]n2ccccc12. The number of rotatable bonds is 17. The second kappa shape index (κ2) is 41.1. The van der Waals surface area contributed by atoms with Crippen LogP contribution in [0.3, 0.4) is 0 Å². The Balaban J connectivity index is 0.000000128. The third-order valence-electron chi connectivity index (χ3n) is 21.7. The molecule has 27 nitrogen and oxygen atoms in total. The van der Waals surface area contributed by atoms with Gasteiger partial charge in [0.2, 0.25) is 0 Å². The molecular weight excluding hydrogens is 1870 g/mol. The van der Waals surface area contributed by atoms with Crippen molar-refractivity contribution in [3.8, 4) is 56.4 Å². The number of halogens is 12. The molecule has 0 fully saturated rings. The molecule has 0 aliphatic rings. The van der Waals surface area contributed by atoms with Gasteiger partial charge in [0.15, 0.2) is 69.8 Å². The lowest BCUT2D eigenvalue weighted by Gasteiger charge is -2.13. The summed E-state index contributed by atoms with van der Waals surface area (Å²) in [6.07, 6.45) is 6.30. The summed E-state index contributed by atoms with van der Waals surface area (Å²) in [5.41, 5.74) is -6.65. The average Bonchev–Trinajstić information content (AvgIpc) is 1.09. The fourth-order valence-corrected chi connectivity index (χ4v) is 15.0. The van der Waals surface area contributed by atoms with Crippen molar-refractivity contribution in [3.63, 3.8) is 0 Å². The molecule has 10 aromatic carbocycles. The van der Waals surface area contributed by atoms with Gasteiger partial charge in [-0.1, -0.05) is 152 Å². The van der Waals surface area contributed by atoms with Crippen LogP contribution in [-0.4, -0.2) is 77.6 Å². The highest BCUT2D eigenvalue weighted by atomic mass is 19.2. The van der Waals surface area contributed by atoms with E-state index < -0.39 is 178 Å².